The van der Waals surface area contributed by atoms with Gasteiger partial charge in [0.15, 0.2) is 0 Å². The van der Waals surface area contributed by atoms with E-state index in [4.69, 9.17) is 5.73 Å². The van der Waals surface area contributed by atoms with Crippen LogP contribution < -0.4 is 5.73 Å². The molecule has 7 heteroatoms. The summed E-state index contributed by atoms with van der Waals surface area (Å²) in [7, 11) is 0. The Morgan fingerprint density at radius 2 is 2.05 bits per heavy atom. The van der Waals surface area contributed by atoms with Gasteiger partial charge in [-0.15, -0.1) is 12.4 Å². The molecule has 1 unspecified atom stereocenters. The number of nitrogens with two attached hydrogens (primary N) is 1. The number of hydrogen-bond acceptors (Lipinski definition) is 2. The molecular formula is C12H15BrClF3N2. The van der Waals surface area contributed by atoms with Crippen LogP contribution in [0.15, 0.2) is 22.7 Å². The molecule has 0 saturated carbocycles. The van der Waals surface area contributed by atoms with E-state index in [1.807, 2.05) is 4.90 Å². The third kappa shape index (κ3) is 4.34. The van der Waals surface area contributed by atoms with Crippen molar-refractivity contribution in [3.05, 3.63) is 33.8 Å². The molecular weight excluding hydrogens is 344 g/mol. The molecule has 2 nitrogen and oxygen atoms in total. The van der Waals surface area contributed by atoms with Gasteiger partial charge in [-0.05, 0) is 24.1 Å². The first-order valence-corrected chi connectivity index (χ1v) is 6.49. The zero-order valence-electron chi connectivity index (χ0n) is 10.1. The highest BCUT2D eigenvalue weighted by atomic mass is 79.9. The molecule has 1 aliphatic rings. The molecule has 0 bridgehead atoms. The van der Waals surface area contributed by atoms with Crippen LogP contribution in [0.3, 0.4) is 0 Å². The highest BCUT2D eigenvalue weighted by molar-refractivity contribution is 9.10. The molecule has 0 aromatic heterocycles. The molecule has 1 aliphatic heterocycles. The van der Waals surface area contributed by atoms with Gasteiger partial charge in [0.1, 0.15) is 0 Å². The van der Waals surface area contributed by atoms with Gasteiger partial charge in [-0.2, -0.15) is 13.2 Å². The fraction of sp³-hybridized carbons (Fsp3) is 0.500. The molecule has 2 rings (SSSR count). The van der Waals surface area contributed by atoms with Gasteiger partial charge in [-0.25, -0.2) is 0 Å². The third-order valence-corrected chi connectivity index (χ3v) is 3.57. The van der Waals surface area contributed by atoms with Crippen LogP contribution in [-0.4, -0.2) is 24.0 Å². The number of likely N-dealkylation sites (tertiary alicyclic amines) is 1. The van der Waals surface area contributed by atoms with Crippen LogP contribution >= 0.6 is 28.3 Å². The molecule has 1 atom stereocenters. The number of hydrogen-bond donors (Lipinski definition) is 1. The standard InChI is InChI=1S/C12H14BrF3N2.ClH/c13-9-2-1-8(11(5-9)12(14,15)16)6-18-4-3-10(17)7-18;/h1-2,5,10H,3-4,6-7,17H2;1H. The van der Waals surface area contributed by atoms with Crippen molar-refractivity contribution in [2.45, 2.75) is 25.2 Å². The highest BCUT2D eigenvalue weighted by Crippen LogP contribution is 2.34. The van der Waals surface area contributed by atoms with Crippen LogP contribution in [0.25, 0.3) is 0 Å². The van der Waals surface area contributed by atoms with Gasteiger partial charge >= 0.3 is 6.18 Å². The van der Waals surface area contributed by atoms with Crippen LogP contribution in [0.5, 0.6) is 0 Å². The third-order valence-electron chi connectivity index (χ3n) is 3.08. The lowest BCUT2D eigenvalue weighted by atomic mass is 10.1. The van der Waals surface area contributed by atoms with E-state index in [9.17, 15) is 13.2 Å². The SMILES string of the molecule is Cl.NC1CCN(Cc2ccc(Br)cc2C(F)(F)F)C1. The minimum atomic E-state index is -4.32. The number of halogens is 5. The van der Waals surface area contributed by atoms with Crippen molar-refractivity contribution in [3.8, 4) is 0 Å². The van der Waals surface area contributed by atoms with Gasteiger partial charge < -0.3 is 5.73 Å². The maximum absolute atomic E-state index is 12.9. The Labute approximate surface area is 124 Å². The predicted octanol–water partition coefficient (Wildman–Crippen LogP) is 3.42. The first kappa shape index (κ1) is 16.8. The summed E-state index contributed by atoms with van der Waals surface area (Å²) in [6.45, 7) is 1.72. The van der Waals surface area contributed by atoms with E-state index in [0.717, 1.165) is 19.0 Å². The van der Waals surface area contributed by atoms with Gasteiger partial charge in [0.05, 0.1) is 5.56 Å². The van der Waals surface area contributed by atoms with Gasteiger partial charge in [0.25, 0.3) is 0 Å². The Morgan fingerprint density at radius 3 is 2.58 bits per heavy atom. The second-order valence-corrected chi connectivity index (χ2v) is 5.50. The molecule has 19 heavy (non-hydrogen) atoms. The Morgan fingerprint density at radius 1 is 1.37 bits per heavy atom. The zero-order chi connectivity index (χ0) is 13.3. The van der Waals surface area contributed by atoms with Crippen LogP contribution in [0.4, 0.5) is 13.2 Å². The van der Waals surface area contributed by atoms with Crippen molar-refractivity contribution in [1.82, 2.24) is 4.90 Å². The monoisotopic (exact) mass is 358 g/mol. The average Bonchev–Trinajstić information content (AvgIpc) is 2.65. The van der Waals surface area contributed by atoms with Crippen molar-refractivity contribution >= 4 is 28.3 Å². The summed E-state index contributed by atoms with van der Waals surface area (Å²) in [5, 5.41) is 0. The van der Waals surface area contributed by atoms with Crippen LogP contribution in [0.2, 0.25) is 0 Å². The maximum atomic E-state index is 12.9. The Kier molecular flexibility index (Phi) is 5.67. The lowest BCUT2D eigenvalue weighted by molar-refractivity contribution is -0.138. The van der Waals surface area contributed by atoms with Gasteiger partial charge in [-0.3, -0.25) is 4.90 Å². The van der Waals surface area contributed by atoms with E-state index in [2.05, 4.69) is 15.9 Å². The molecule has 0 aliphatic carbocycles. The van der Waals surface area contributed by atoms with Crippen molar-refractivity contribution in [2.24, 2.45) is 5.73 Å². The molecule has 108 valence electrons. The number of nitrogens with zero attached hydrogens (tertiary/aromatic N) is 1. The highest BCUT2D eigenvalue weighted by Gasteiger charge is 2.34. The van der Waals surface area contributed by atoms with E-state index in [1.165, 1.54) is 6.07 Å². The Bertz CT molecular complexity index is 439. The number of alkyl halides is 3. The van der Waals surface area contributed by atoms with Crippen molar-refractivity contribution < 1.29 is 13.2 Å². The summed E-state index contributed by atoms with van der Waals surface area (Å²) in [5.41, 5.74) is 5.49. The fourth-order valence-corrected chi connectivity index (χ4v) is 2.56. The molecule has 1 aromatic carbocycles. The van der Waals surface area contributed by atoms with Gasteiger partial charge in [-0.1, -0.05) is 22.0 Å². The minimum Gasteiger partial charge on any atom is -0.326 e. The van der Waals surface area contributed by atoms with Crippen molar-refractivity contribution in [3.63, 3.8) is 0 Å². The zero-order valence-corrected chi connectivity index (χ0v) is 12.5. The topological polar surface area (TPSA) is 29.3 Å². The normalized spacial score (nSPS) is 20.4. The Balaban J connectivity index is 0.00000180. The van der Waals surface area contributed by atoms with E-state index in [0.29, 0.717) is 23.1 Å². The summed E-state index contributed by atoms with van der Waals surface area (Å²) in [6, 6.07) is 4.37. The van der Waals surface area contributed by atoms with E-state index >= 15 is 0 Å². The van der Waals surface area contributed by atoms with Crippen LogP contribution in [0, 0.1) is 0 Å². The lowest BCUT2D eigenvalue weighted by Gasteiger charge is -2.19. The number of benzene rings is 1. The Hall–Kier alpha value is -0.300. The quantitative estimate of drug-likeness (QED) is 0.877. The van der Waals surface area contributed by atoms with Crippen molar-refractivity contribution in [2.75, 3.05) is 13.1 Å². The van der Waals surface area contributed by atoms with Crippen LogP contribution in [-0.2, 0) is 12.7 Å². The molecule has 1 heterocycles. The van der Waals surface area contributed by atoms with E-state index in [-0.39, 0.29) is 18.4 Å². The molecule has 2 N–H and O–H groups in total. The van der Waals surface area contributed by atoms with Gasteiger partial charge in [0, 0.05) is 30.1 Å². The van der Waals surface area contributed by atoms with Gasteiger partial charge in [0.2, 0.25) is 0 Å². The molecule has 0 spiro atoms. The lowest BCUT2D eigenvalue weighted by Crippen LogP contribution is -2.27. The second-order valence-electron chi connectivity index (χ2n) is 4.58. The maximum Gasteiger partial charge on any atom is 0.416 e. The first-order chi connectivity index (χ1) is 8.36. The first-order valence-electron chi connectivity index (χ1n) is 5.70. The minimum absolute atomic E-state index is 0. The molecule has 0 radical (unpaired) electrons. The second kappa shape index (κ2) is 6.43. The van der Waals surface area contributed by atoms with E-state index < -0.39 is 11.7 Å². The molecule has 1 fully saturated rings. The average molecular weight is 360 g/mol. The summed E-state index contributed by atoms with van der Waals surface area (Å²) in [4.78, 5) is 1.96. The summed E-state index contributed by atoms with van der Waals surface area (Å²) < 4.78 is 39.2. The summed E-state index contributed by atoms with van der Waals surface area (Å²) >= 11 is 3.08. The van der Waals surface area contributed by atoms with E-state index in [1.54, 1.807) is 6.07 Å². The van der Waals surface area contributed by atoms with Crippen molar-refractivity contribution in [1.29, 1.82) is 0 Å². The fourth-order valence-electron chi connectivity index (χ4n) is 2.20. The number of rotatable bonds is 2. The summed E-state index contributed by atoms with van der Waals surface area (Å²) in [6.07, 6.45) is -3.47. The largest absolute Gasteiger partial charge is 0.416 e. The molecule has 1 saturated heterocycles. The molecule has 1 aromatic rings. The van der Waals surface area contributed by atoms with Crippen LogP contribution in [0.1, 0.15) is 17.5 Å². The summed E-state index contributed by atoms with van der Waals surface area (Å²) in [5.74, 6) is 0. The smallest absolute Gasteiger partial charge is 0.326 e. The predicted molar refractivity (Wildman–Crippen MR) is 74.3 cm³/mol. The molecule has 0 amide bonds.